The molecule has 0 aliphatic carbocycles. The molecule has 0 saturated carbocycles. The molecule has 0 aromatic heterocycles. The molecule has 6 heteroatoms. The van der Waals surface area contributed by atoms with Crippen molar-refractivity contribution in [3.63, 3.8) is 0 Å². The number of hydrogen-bond donors (Lipinski definition) is 0. The average molecular weight is 388 g/mol. The molecule has 2 rings (SSSR count). The lowest BCUT2D eigenvalue weighted by Gasteiger charge is -2.25. The molecule has 0 bridgehead atoms. The zero-order chi connectivity index (χ0) is 19.7. The van der Waals surface area contributed by atoms with Crippen molar-refractivity contribution < 1.29 is 23.2 Å². The fraction of sp³-hybridized carbons (Fsp3) is 0.333. The van der Waals surface area contributed by atoms with E-state index in [1.807, 2.05) is 6.07 Å². The van der Waals surface area contributed by atoms with Gasteiger partial charge in [-0.3, -0.25) is 14.2 Å². The molecule has 5 nitrogen and oxygen atoms in total. The van der Waals surface area contributed by atoms with E-state index in [4.69, 9.17) is 9.05 Å². The van der Waals surface area contributed by atoms with Crippen LogP contribution in [-0.2, 0) is 13.6 Å². The summed E-state index contributed by atoms with van der Waals surface area (Å²) >= 11 is 0. The van der Waals surface area contributed by atoms with Gasteiger partial charge in [0.25, 0.3) is 0 Å². The van der Waals surface area contributed by atoms with Crippen molar-refractivity contribution in [1.29, 1.82) is 0 Å². The van der Waals surface area contributed by atoms with Crippen molar-refractivity contribution >= 4 is 19.2 Å². The first kappa shape index (κ1) is 21.2. The molecule has 1 atom stereocenters. The highest BCUT2D eigenvalue weighted by Crippen LogP contribution is 2.55. The van der Waals surface area contributed by atoms with E-state index in [0.717, 1.165) is 0 Å². The lowest BCUT2D eigenvalue weighted by atomic mass is 10.0. The summed E-state index contributed by atoms with van der Waals surface area (Å²) in [6.07, 6.45) is 0.177. The van der Waals surface area contributed by atoms with E-state index in [-0.39, 0.29) is 37.6 Å². The van der Waals surface area contributed by atoms with Crippen molar-refractivity contribution in [3.05, 3.63) is 71.8 Å². The highest BCUT2D eigenvalue weighted by molar-refractivity contribution is 7.55. The Bertz CT molecular complexity index is 779. The zero-order valence-corrected chi connectivity index (χ0v) is 16.6. The predicted molar refractivity (Wildman–Crippen MR) is 105 cm³/mol. The SMILES string of the molecule is CCOP(=O)(OCC)C(CCC(=O)c1ccccc1)C(=O)c1ccccc1. The number of carbonyl (C=O) groups is 2. The molecule has 0 saturated heterocycles. The Kier molecular flexibility index (Phi) is 8.11. The summed E-state index contributed by atoms with van der Waals surface area (Å²) in [4.78, 5) is 25.5. The second-order valence-corrected chi connectivity index (χ2v) is 8.17. The molecule has 0 fully saturated rings. The third kappa shape index (κ3) is 5.70. The zero-order valence-electron chi connectivity index (χ0n) is 15.7. The van der Waals surface area contributed by atoms with Gasteiger partial charge in [0.15, 0.2) is 11.6 Å². The van der Waals surface area contributed by atoms with E-state index in [2.05, 4.69) is 0 Å². The van der Waals surface area contributed by atoms with Crippen LogP contribution in [0.4, 0.5) is 0 Å². The molecule has 2 aromatic rings. The molecule has 144 valence electrons. The summed E-state index contributed by atoms with van der Waals surface area (Å²) in [6, 6.07) is 17.5. The maximum Gasteiger partial charge on any atom is 0.341 e. The van der Waals surface area contributed by atoms with E-state index in [0.29, 0.717) is 11.1 Å². The van der Waals surface area contributed by atoms with Crippen LogP contribution in [0.2, 0.25) is 0 Å². The molecule has 0 aliphatic heterocycles. The van der Waals surface area contributed by atoms with Crippen molar-refractivity contribution in [1.82, 2.24) is 0 Å². The van der Waals surface area contributed by atoms with E-state index in [1.54, 1.807) is 68.4 Å². The number of Topliss-reactive ketones (excluding diaryl/α,β-unsaturated/α-hetero) is 2. The Balaban J connectivity index is 2.27. The molecular weight excluding hydrogens is 363 g/mol. The Morgan fingerprint density at radius 3 is 1.81 bits per heavy atom. The third-order valence-electron chi connectivity index (χ3n) is 4.10. The first-order valence-electron chi connectivity index (χ1n) is 9.08. The van der Waals surface area contributed by atoms with E-state index in [9.17, 15) is 14.2 Å². The maximum atomic E-state index is 13.3. The molecule has 0 spiro atoms. The Hall–Kier alpha value is -2.07. The third-order valence-corrected chi connectivity index (χ3v) is 6.59. The fourth-order valence-electron chi connectivity index (χ4n) is 2.84. The predicted octanol–water partition coefficient (Wildman–Crippen LogP) is 5.17. The van der Waals surface area contributed by atoms with Crippen LogP contribution < -0.4 is 0 Å². The normalized spacial score (nSPS) is 12.5. The van der Waals surface area contributed by atoms with E-state index in [1.165, 1.54) is 0 Å². The highest BCUT2D eigenvalue weighted by Gasteiger charge is 2.41. The van der Waals surface area contributed by atoms with Crippen molar-refractivity contribution in [2.45, 2.75) is 32.3 Å². The molecule has 0 radical (unpaired) electrons. The number of ketones is 2. The van der Waals surface area contributed by atoms with Crippen molar-refractivity contribution in [2.24, 2.45) is 0 Å². The largest absolute Gasteiger partial charge is 0.341 e. The Morgan fingerprint density at radius 1 is 0.852 bits per heavy atom. The van der Waals surface area contributed by atoms with Crippen molar-refractivity contribution in [3.8, 4) is 0 Å². The summed E-state index contributed by atoms with van der Waals surface area (Å²) in [6.45, 7) is 3.71. The maximum absolute atomic E-state index is 13.3. The summed E-state index contributed by atoms with van der Waals surface area (Å²) in [5, 5.41) is 0. The number of benzene rings is 2. The number of carbonyl (C=O) groups excluding carboxylic acids is 2. The van der Waals surface area contributed by atoms with Crippen LogP contribution in [0.15, 0.2) is 60.7 Å². The second-order valence-electron chi connectivity index (χ2n) is 5.95. The molecule has 1 unspecified atom stereocenters. The Labute approximate surface area is 160 Å². The fourth-order valence-corrected chi connectivity index (χ4v) is 4.88. The van der Waals surface area contributed by atoms with Gasteiger partial charge in [0.05, 0.1) is 13.2 Å². The first-order chi connectivity index (χ1) is 13.0. The topological polar surface area (TPSA) is 69.7 Å². The molecule has 2 aromatic carbocycles. The van der Waals surface area contributed by atoms with E-state index >= 15 is 0 Å². The van der Waals surface area contributed by atoms with Gasteiger partial charge < -0.3 is 9.05 Å². The molecule has 0 amide bonds. The van der Waals surface area contributed by atoms with Crippen molar-refractivity contribution in [2.75, 3.05) is 13.2 Å². The Morgan fingerprint density at radius 2 is 1.33 bits per heavy atom. The lowest BCUT2D eigenvalue weighted by molar-refractivity contribution is 0.0945. The molecule has 27 heavy (non-hydrogen) atoms. The van der Waals surface area contributed by atoms with E-state index < -0.39 is 13.3 Å². The van der Waals surface area contributed by atoms with Crippen LogP contribution in [0.3, 0.4) is 0 Å². The smallest absolute Gasteiger partial charge is 0.308 e. The monoisotopic (exact) mass is 388 g/mol. The minimum absolute atomic E-state index is 0.0807. The van der Waals surface area contributed by atoms with Gasteiger partial charge in [-0.2, -0.15) is 0 Å². The van der Waals surface area contributed by atoms with Gasteiger partial charge in [0.1, 0.15) is 5.66 Å². The minimum atomic E-state index is -3.70. The van der Waals surface area contributed by atoms with Gasteiger partial charge in [-0.05, 0) is 20.3 Å². The molecule has 0 aliphatic rings. The highest BCUT2D eigenvalue weighted by atomic mass is 31.2. The van der Waals surface area contributed by atoms with Crippen LogP contribution >= 0.6 is 7.60 Å². The standard InChI is InChI=1S/C21H25O5P/c1-3-25-27(24,26-4-2)20(21(23)18-13-9-6-10-14-18)16-15-19(22)17-11-7-5-8-12-17/h5-14,20H,3-4,15-16H2,1-2H3. The van der Waals surface area contributed by atoms with Gasteiger partial charge >= 0.3 is 7.60 Å². The molecular formula is C21H25O5P. The second kappa shape index (κ2) is 10.3. The lowest BCUT2D eigenvalue weighted by Crippen LogP contribution is -2.25. The van der Waals surface area contributed by atoms with Gasteiger partial charge in [-0.25, -0.2) is 0 Å². The molecule has 0 heterocycles. The van der Waals surface area contributed by atoms with Gasteiger partial charge in [-0.1, -0.05) is 60.7 Å². The average Bonchev–Trinajstić information content (AvgIpc) is 2.69. The molecule has 0 N–H and O–H groups in total. The van der Waals surface area contributed by atoms with Crippen LogP contribution in [0.25, 0.3) is 0 Å². The van der Waals surface area contributed by atoms with Crippen LogP contribution in [-0.4, -0.2) is 30.4 Å². The minimum Gasteiger partial charge on any atom is -0.308 e. The first-order valence-corrected chi connectivity index (χ1v) is 10.7. The number of hydrogen-bond acceptors (Lipinski definition) is 5. The van der Waals surface area contributed by atoms with Gasteiger partial charge in [0.2, 0.25) is 0 Å². The summed E-state index contributed by atoms with van der Waals surface area (Å²) in [5.74, 6) is -0.442. The summed E-state index contributed by atoms with van der Waals surface area (Å²) in [7, 11) is -3.70. The summed E-state index contributed by atoms with van der Waals surface area (Å²) < 4.78 is 24.1. The van der Waals surface area contributed by atoms with Gasteiger partial charge in [0, 0.05) is 17.5 Å². The summed E-state index contributed by atoms with van der Waals surface area (Å²) in [5.41, 5.74) is -0.0344. The van der Waals surface area contributed by atoms with Crippen LogP contribution in [0.1, 0.15) is 47.4 Å². The van der Waals surface area contributed by atoms with Gasteiger partial charge in [-0.15, -0.1) is 0 Å². The van der Waals surface area contributed by atoms with Crippen LogP contribution in [0, 0.1) is 0 Å². The quantitative estimate of drug-likeness (QED) is 0.392. The van der Waals surface area contributed by atoms with Crippen LogP contribution in [0.5, 0.6) is 0 Å². The number of rotatable bonds is 11.